The van der Waals surface area contributed by atoms with Crippen LogP contribution in [0.15, 0.2) is 0 Å². The molecule has 0 rings (SSSR count). The Bertz CT molecular complexity index is 13.5. The van der Waals surface area contributed by atoms with Crippen molar-refractivity contribution < 1.29 is 9.46 Å². The van der Waals surface area contributed by atoms with Gasteiger partial charge in [0, 0.05) is 0 Å². The van der Waals surface area contributed by atoms with Crippen molar-refractivity contribution in [2.75, 3.05) is 0 Å². The molecule has 0 heterocycles. The summed E-state index contributed by atoms with van der Waals surface area (Å²) in [6.45, 7) is 0. The van der Waals surface area contributed by atoms with Gasteiger partial charge in [-0.25, -0.2) is 0 Å². The van der Waals surface area contributed by atoms with Gasteiger partial charge < -0.3 is 0 Å². The fourth-order valence-electron chi connectivity index (χ4n) is 0. The molecule has 0 amide bonds. The Labute approximate surface area is 31.5 Å². The van der Waals surface area contributed by atoms with Crippen molar-refractivity contribution in [3.05, 3.63) is 0 Å². The molecule has 1 atom stereocenters. The lowest BCUT2D eigenvalue weighted by Crippen LogP contribution is -1.03. The van der Waals surface area contributed by atoms with E-state index < -0.39 is 8.69 Å². The van der Waals surface area contributed by atoms with Crippen molar-refractivity contribution in [2.45, 2.75) is 0 Å². The van der Waals surface area contributed by atoms with Crippen molar-refractivity contribution in [2.24, 2.45) is 0 Å². The summed E-state index contributed by atoms with van der Waals surface area (Å²) in [5.41, 5.74) is 0. The van der Waals surface area contributed by atoms with Crippen molar-refractivity contribution in [1.82, 2.24) is 0 Å². The lowest BCUT2D eigenvalue weighted by Gasteiger charge is -1.08. The summed E-state index contributed by atoms with van der Waals surface area (Å²) in [6.07, 6.45) is 0. The Morgan fingerprint density at radius 3 is 1.75 bits per heavy atom. The average molecular weight is 101 g/mol. The molecule has 0 aromatic heterocycles. The third-order valence-electron chi connectivity index (χ3n) is 0. The zero-order valence-electron chi connectivity index (χ0n) is 1.76. The van der Waals surface area contributed by atoms with Crippen LogP contribution in [-0.4, -0.2) is 4.89 Å². The van der Waals surface area contributed by atoms with Gasteiger partial charge in [0.25, 0.3) is 0 Å². The van der Waals surface area contributed by atoms with Crippen LogP contribution in [0.25, 0.3) is 0 Å². The largest absolute Gasteiger partial charge is 0.491 e. The average Bonchev–Trinajstić information content (AvgIpc) is 0.918. The highest BCUT2D eigenvalue weighted by atomic mass is 35.5. The van der Waals surface area contributed by atoms with Crippen molar-refractivity contribution >= 4 is 21.1 Å². The molecule has 0 bridgehead atoms. The van der Waals surface area contributed by atoms with Crippen LogP contribution in [0, 0.1) is 0 Å². The van der Waals surface area contributed by atoms with E-state index in [2.05, 4.69) is 0 Å². The van der Waals surface area contributed by atoms with Crippen LogP contribution in [0.1, 0.15) is 0 Å². The maximum absolute atomic E-state index is 8.51. The van der Waals surface area contributed by atoms with Gasteiger partial charge >= 0.3 is 8.69 Å². The highest BCUT2D eigenvalue weighted by Gasteiger charge is 1.45. The van der Waals surface area contributed by atoms with Crippen molar-refractivity contribution in [3.8, 4) is 0 Å². The van der Waals surface area contributed by atoms with E-state index in [4.69, 9.17) is 9.46 Å². The van der Waals surface area contributed by atoms with E-state index in [1.165, 1.54) is 0 Å². The molecule has 0 saturated heterocycles. The van der Waals surface area contributed by atoms with Crippen LogP contribution >= 0.6 is 21.1 Å². The third-order valence-corrected chi connectivity index (χ3v) is 0. The van der Waals surface area contributed by atoms with E-state index in [0.29, 0.717) is 0 Å². The van der Waals surface area contributed by atoms with Gasteiger partial charge in [-0.1, -0.05) is 0 Å². The Hall–Kier alpha value is 0.350. The summed E-state index contributed by atoms with van der Waals surface area (Å²) in [5, 5.41) is 0. The van der Waals surface area contributed by atoms with Crippen LogP contribution in [0.2, 0.25) is 0 Å². The van der Waals surface area contributed by atoms with E-state index in [-0.39, 0.29) is 12.4 Å². The summed E-state index contributed by atoms with van der Waals surface area (Å²) >= 11 is 0. The second-order valence-electron chi connectivity index (χ2n) is 0.0913. The van der Waals surface area contributed by atoms with Crippen LogP contribution in [0.5, 0.6) is 0 Å². The minimum atomic E-state index is -1.17. The van der Waals surface area contributed by atoms with Gasteiger partial charge in [0.1, 0.15) is 0 Å². The van der Waals surface area contributed by atoms with Crippen LogP contribution < -0.4 is 0 Å². The monoisotopic (exact) mass is 101 g/mol. The van der Waals surface area contributed by atoms with E-state index in [1.807, 2.05) is 0 Å². The van der Waals surface area contributed by atoms with Gasteiger partial charge in [-0.2, -0.15) is 4.89 Å². The Morgan fingerprint density at radius 1 is 1.75 bits per heavy atom. The Morgan fingerprint density at radius 2 is 1.75 bits per heavy atom. The highest BCUT2D eigenvalue weighted by molar-refractivity contribution is 7.16. The molecule has 4 heteroatoms. The molecule has 1 unspecified atom stereocenters. The first-order chi connectivity index (χ1) is 1.41. The number of rotatable bonds is 0. The molecule has 26 valence electrons. The molecule has 1 N–H and O–H groups in total. The van der Waals surface area contributed by atoms with Gasteiger partial charge in [-0.15, -0.1) is 12.4 Å². The molecule has 0 aromatic rings. The van der Waals surface area contributed by atoms with Crippen LogP contribution in [-0.2, 0) is 4.57 Å². The first kappa shape index (κ1) is 8.84. The molecule has 0 aliphatic carbocycles. The molecule has 0 fully saturated rings. The van der Waals surface area contributed by atoms with Gasteiger partial charge in [-0.3, -0.25) is 0 Å². The van der Waals surface area contributed by atoms with Crippen molar-refractivity contribution in [3.63, 3.8) is 0 Å². The maximum Gasteiger partial charge on any atom is 0.491 e. The summed E-state index contributed by atoms with van der Waals surface area (Å²) in [6, 6.07) is 0. The minimum absolute atomic E-state index is 0. The Kier molecular flexibility index (Phi) is 22.4. The molecule has 2 nitrogen and oxygen atoms in total. The third kappa shape index (κ3) is 35.0. The molecular formula is H3ClO2P+. The zero-order valence-corrected chi connectivity index (χ0v) is 3.58. The summed E-state index contributed by atoms with van der Waals surface area (Å²) in [5.74, 6) is 0. The zero-order chi connectivity index (χ0) is 2.71. The smallest absolute Gasteiger partial charge is 0.162 e. The lowest BCUT2D eigenvalue weighted by atomic mass is 15.9. The second kappa shape index (κ2) is 10.2. The SMILES string of the molecule is Cl.O=[PH+]O. The van der Waals surface area contributed by atoms with Gasteiger partial charge in [0.15, 0.2) is 0 Å². The predicted octanol–water partition coefficient (Wildman–Crippen LogP) is 0.339. The van der Waals surface area contributed by atoms with E-state index in [9.17, 15) is 0 Å². The lowest BCUT2D eigenvalue weighted by molar-refractivity contribution is 0.524. The molecular weight excluding hydrogens is 98.4 g/mol. The first-order valence-electron chi connectivity index (χ1n) is 0.428. The van der Waals surface area contributed by atoms with Gasteiger partial charge in [-0.05, 0) is 4.57 Å². The molecule has 0 saturated carbocycles. The van der Waals surface area contributed by atoms with Crippen LogP contribution in [0.3, 0.4) is 0 Å². The Balaban J connectivity index is 0. The number of hydrogen-bond acceptors (Lipinski definition) is 1. The topological polar surface area (TPSA) is 37.3 Å². The molecule has 0 aliphatic rings. The first-order valence-corrected chi connectivity index (χ1v) is 1.28. The predicted molar refractivity (Wildman–Crippen MR) is 18.5 cm³/mol. The number of halogens is 1. The molecule has 4 heavy (non-hydrogen) atoms. The van der Waals surface area contributed by atoms with Crippen molar-refractivity contribution in [1.29, 1.82) is 0 Å². The second-order valence-corrected chi connectivity index (χ2v) is 0.274. The van der Waals surface area contributed by atoms with Crippen LogP contribution in [0.4, 0.5) is 0 Å². The molecule has 0 radical (unpaired) electrons. The van der Waals surface area contributed by atoms with E-state index in [0.717, 1.165) is 0 Å². The van der Waals surface area contributed by atoms with E-state index in [1.54, 1.807) is 0 Å². The van der Waals surface area contributed by atoms with Gasteiger partial charge in [0.2, 0.25) is 0 Å². The highest BCUT2D eigenvalue weighted by Crippen LogP contribution is 1.66. The fraction of sp³-hybridized carbons (Fsp3) is 0. The fourth-order valence-corrected chi connectivity index (χ4v) is 0. The van der Waals surface area contributed by atoms with E-state index >= 15 is 0 Å². The maximum atomic E-state index is 8.51. The molecule has 0 aromatic carbocycles. The van der Waals surface area contributed by atoms with Gasteiger partial charge in [0.05, 0.1) is 0 Å². The summed E-state index contributed by atoms with van der Waals surface area (Å²) < 4.78 is 8.51. The summed E-state index contributed by atoms with van der Waals surface area (Å²) in [7, 11) is -1.17. The number of hydrogen-bond donors (Lipinski definition) is 1. The molecule has 0 aliphatic heterocycles. The normalized spacial score (nSPS) is 5.25. The molecule has 0 spiro atoms. The standard InChI is InChI=1S/ClH.HO2P/c;1-3-2/h1H;3H/p+1. The quantitative estimate of drug-likeness (QED) is 0.447. The summed E-state index contributed by atoms with van der Waals surface area (Å²) in [4.78, 5) is 7.04. The minimum Gasteiger partial charge on any atom is -0.162 e.